The lowest BCUT2D eigenvalue weighted by atomic mass is 9.98. The molecule has 0 saturated carbocycles. The number of hydrogen-bond acceptors (Lipinski definition) is 3. The van der Waals surface area contributed by atoms with Crippen molar-refractivity contribution in [1.29, 1.82) is 0 Å². The fourth-order valence-corrected chi connectivity index (χ4v) is 3.39. The maximum atomic E-state index is 12.3. The zero-order valence-electron chi connectivity index (χ0n) is 15.3. The van der Waals surface area contributed by atoms with Gasteiger partial charge >= 0.3 is 0 Å². The smallest absolute Gasteiger partial charge is 0.289 e. The number of benzene rings is 1. The summed E-state index contributed by atoms with van der Waals surface area (Å²) >= 11 is 0. The average molecular weight is 328 g/mol. The molecule has 130 valence electrons. The van der Waals surface area contributed by atoms with Crippen LogP contribution < -0.4 is 0 Å². The van der Waals surface area contributed by atoms with Crippen LogP contribution in [-0.4, -0.2) is 42.9 Å². The van der Waals surface area contributed by atoms with Crippen LogP contribution in [-0.2, 0) is 6.54 Å². The minimum Gasteiger partial charge on any atom is -0.451 e. The highest BCUT2D eigenvalue weighted by atomic mass is 16.3. The van der Waals surface area contributed by atoms with Crippen molar-refractivity contribution in [2.24, 2.45) is 0 Å². The number of carbonyl (C=O) groups excluding carboxylic acids is 1. The van der Waals surface area contributed by atoms with Gasteiger partial charge in [-0.2, -0.15) is 0 Å². The fraction of sp³-hybridized carbons (Fsp3) is 0.550. The van der Waals surface area contributed by atoms with Crippen LogP contribution in [0.5, 0.6) is 0 Å². The molecule has 4 heteroatoms. The first-order valence-electron chi connectivity index (χ1n) is 8.96. The third-order valence-electron chi connectivity index (χ3n) is 4.84. The van der Waals surface area contributed by atoms with E-state index in [-0.39, 0.29) is 5.91 Å². The van der Waals surface area contributed by atoms with Gasteiger partial charge in [-0.1, -0.05) is 26.3 Å². The van der Waals surface area contributed by atoms with Crippen molar-refractivity contribution >= 4 is 16.9 Å². The SMILES string of the molecule is CC(C)c1cc(CN2CCCCC2)c2oc(C(=O)N(C)C)cc2c1. The standard InChI is InChI=1S/C20H28N2O2/c1-14(2)15-10-16-12-18(20(23)21(3)4)24-19(16)17(11-15)13-22-8-6-5-7-9-22/h10-12,14H,5-9,13H2,1-4H3. The van der Waals surface area contributed by atoms with Crippen LogP contribution in [0, 0.1) is 0 Å². The van der Waals surface area contributed by atoms with Gasteiger partial charge in [0.25, 0.3) is 5.91 Å². The van der Waals surface area contributed by atoms with Crippen LogP contribution in [0.3, 0.4) is 0 Å². The molecule has 0 unspecified atom stereocenters. The summed E-state index contributed by atoms with van der Waals surface area (Å²) in [5.41, 5.74) is 3.38. The molecule has 3 rings (SSSR count). The summed E-state index contributed by atoms with van der Waals surface area (Å²) in [5, 5.41) is 1.04. The van der Waals surface area contributed by atoms with E-state index >= 15 is 0 Å². The van der Waals surface area contributed by atoms with Crippen LogP contribution in [0.1, 0.15) is 60.7 Å². The van der Waals surface area contributed by atoms with Crippen LogP contribution in [0.2, 0.25) is 0 Å². The lowest BCUT2D eigenvalue weighted by Crippen LogP contribution is -2.29. The normalized spacial score (nSPS) is 16.0. The summed E-state index contributed by atoms with van der Waals surface area (Å²) in [5.74, 6) is 0.800. The van der Waals surface area contributed by atoms with Gasteiger partial charge in [0.05, 0.1) is 0 Å². The molecule has 0 radical (unpaired) electrons. The highest BCUT2D eigenvalue weighted by Gasteiger charge is 2.19. The number of likely N-dealkylation sites (tertiary alicyclic amines) is 1. The van der Waals surface area contributed by atoms with E-state index in [9.17, 15) is 4.79 Å². The van der Waals surface area contributed by atoms with Gasteiger partial charge in [-0.3, -0.25) is 9.69 Å². The summed E-state index contributed by atoms with van der Waals surface area (Å²) in [7, 11) is 3.51. The van der Waals surface area contributed by atoms with Crippen molar-refractivity contribution in [3.63, 3.8) is 0 Å². The lowest BCUT2D eigenvalue weighted by molar-refractivity contribution is 0.0799. The number of rotatable bonds is 4. The Labute approximate surface area is 144 Å². The summed E-state index contributed by atoms with van der Waals surface area (Å²) < 4.78 is 5.98. The molecule has 1 amide bonds. The topological polar surface area (TPSA) is 36.7 Å². The van der Waals surface area contributed by atoms with Gasteiger partial charge in [0.1, 0.15) is 5.58 Å². The van der Waals surface area contributed by atoms with Gasteiger partial charge in [-0.25, -0.2) is 0 Å². The maximum absolute atomic E-state index is 12.3. The van der Waals surface area contributed by atoms with Gasteiger partial charge in [-0.05, 0) is 49.5 Å². The molecular weight excluding hydrogens is 300 g/mol. The van der Waals surface area contributed by atoms with E-state index in [2.05, 4.69) is 30.9 Å². The maximum Gasteiger partial charge on any atom is 0.289 e. The van der Waals surface area contributed by atoms with Crippen LogP contribution in [0.25, 0.3) is 11.0 Å². The van der Waals surface area contributed by atoms with E-state index in [1.165, 1.54) is 30.4 Å². The van der Waals surface area contributed by atoms with E-state index in [0.717, 1.165) is 30.6 Å². The van der Waals surface area contributed by atoms with Gasteiger partial charge in [0.15, 0.2) is 5.76 Å². The molecule has 1 aliphatic rings. The highest BCUT2D eigenvalue weighted by molar-refractivity contribution is 5.96. The molecule has 0 atom stereocenters. The predicted octanol–water partition coefficient (Wildman–Crippen LogP) is 4.24. The second-order valence-electron chi connectivity index (χ2n) is 7.40. The third kappa shape index (κ3) is 3.48. The van der Waals surface area contributed by atoms with E-state index < -0.39 is 0 Å². The number of hydrogen-bond donors (Lipinski definition) is 0. The number of amides is 1. The molecule has 0 N–H and O–H groups in total. The van der Waals surface area contributed by atoms with Crippen LogP contribution in [0.15, 0.2) is 22.6 Å². The summed E-state index contributed by atoms with van der Waals surface area (Å²) in [6.45, 7) is 7.62. The second-order valence-corrected chi connectivity index (χ2v) is 7.40. The average Bonchev–Trinajstić information content (AvgIpc) is 2.99. The van der Waals surface area contributed by atoms with Crippen LogP contribution in [0.4, 0.5) is 0 Å². The Morgan fingerprint density at radius 2 is 1.88 bits per heavy atom. The summed E-state index contributed by atoms with van der Waals surface area (Å²) in [6.07, 6.45) is 3.88. The monoisotopic (exact) mass is 328 g/mol. The number of fused-ring (bicyclic) bond motifs is 1. The van der Waals surface area contributed by atoms with Gasteiger partial charge < -0.3 is 9.32 Å². The number of furan rings is 1. The van der Waals surface area contributed by atoms with Crippen molar-refractivity contribution in [2.45, 2.75) is 45.6 Å². The first-order valence-corrected chi connectivity index (χ1v) is 8.96. The number of carbonyl (C=O) groups is 1. The molecule has 1 saturated heterocycles. The van der Waals surface area contributed by atoms with Crippen molar-refractivity contribution in [1.82, 2.24) is 9.80 Å². The Morgan fingerprint density at radius 1 is 1.17 bits per heavy atom. The second kappa shape index (κ2) is 6.98. The predicted molar refractivity (Wildman–Crippen MR) is 97.4 cm³/mol. The molecular formula is C20H28N2O2. The minimum atomic E-state index is -0.0822. The molecule has 1 aliphatic heterocycles. The Bertz CT molecular complexity index is 725. The van der Waals surface area contributed by atoms with Gasteiger partial charge in [-0.15, -0.1) is 0 Å². The number of nitrogens with zero attached hydrogens (tertiary/aromatic N) is 2. The fourth-order valence-electron chi connectivity index (χ4n) is 3.39. The Kier molecular flexibility index (Phi) is 4.95. The first-order chi connectivity index (χ1) is 11.5. The van der Waals surface area contributed by atoms with Gasteiger partial charge in [0, 0.05) is 31.6 Å². The molecule has 2 heterocycles. The van der Waals surface area contributed by atoms with Crippen LogP contribution >= 0.6 is 0 Å². The van der Waals surface area contributed by atoms with E-state index in [1.807, 2.05) is 6.07 Å². The van der Waals surface area contributed by atoms with Crippen molar-refractivity contribution in [3.8, 4) is 0 Å². The largest absolute Gasteiger partial charge is 0.451 e. The zero-order chi connectivity index (χ0) is 17.3. The molecule has 1 fully saturated rings. The molecule has 0 spiro atoms. The van der Waals surface area contributed by atoms with E-state index in [1.54, 1.807) is 19.0 Å². The third-order valence-corrected chi connectivity index (χ3v) is 4.84. The van der Waals surface area contributed by atoms with Gasteiger partial charge in [0.2, 0.25) is 0 Å². The zero-order valence-corrected chi connectivity index (χ0v) is 15.3. The molecule has 4 nitrogen and oxygen atoms in total. The summed E-state index contributed by atoms with van der Waals surface area (Å²) in [4.78, 5) is 16.3. The minimum absolute atomic E-state index is 0.0822. The Balaban J connectivity index is 2.01. The van der Waals surface area contributed by atoms with Crippen molar-refractivity contribution in [2.75, 3.05) is 27.2 Å². The first kappa shape index (κ1) is 17.0. The van der Waals surface area contributed by atoms with Crippen molar-refractivity contribution < 1.29 is 9.21 Å². The molecule has 0 bridgehead atoms. The number of piperidine rings is 1. The van der Waals surface area contributed by atoms with E-state index in [4.69, 9.17) is 4.42 Å². The summed E-state index contributed by atoms with van der Waals surface area (Å²) in [6, 6.07) is 6.31. The molecule has 2 aromatic rings. The Hall–Kier alpha value is -1.81. The highest BCUT2D eigenvalue weighted by Crippen LogP contribution is 2.30. The molecule has 24 heavy (non-hydrogen) atoms. The molecule has 1 aromatic heterocycles. The van der Waals surface area contributed by atoms with Crippen molar-refractivity contribution in [3.05, 3.63) is 35.1 Å². The molecule has 0 aliphatic carbocycles. The Morgan fingerprint density at radius 3 is 2.50 bits per heavy atom. The quantitative estimate of drug-likeness (QED) is 0.842. The molecule has 1 aromatic carbocycles. The lowest BCUT2D eigenvalue weighted by Gasteiger charge is -2.26. The van der Waals surface area contributed by atoms with E-state index in [0.29, 0.717) is 11.7 Å².